The molecule has 1 unspecified atom stereocenters. The molecule has 3 amide bonds. The van der Waals surface area contributed by atoms with Crippen LogP contribution in [-0.4, -0.2) is 70.7 Å². The predicted octanol–water partition coefficient (Wildman–Crippen LogP) is 2.87. The highest BCUT2D eigenvalue weighted by molar-refractivity contribution is 6.05. The largest absolute Gasteiger partial charge is 0.489 e. The van der Waals surface area contributed by atoms with Gasteiger partial charge in [-0.05, 0) is 49.4 Å². The fourth-order valence-electron chi connectivity index (χ4n) is 5.89. The zero-order valence-electron chi connectivity index (χ0n) is 21.3. The summed E-state index contributed by atoms with van der Waals surface area (Å²) in [5, 5.41) is 2.35. The van der Waals surface area contributed by atoms with Gasteiger partial charge in [0.2, 0.25) is 11.8 Å². The summed E-state index contributed by atoms with van der Waals surface area (Å²) >= 11 is 0. The fraction of sp³-hybridized carbons (Fsp3) is 0.483. The van der Waals surface area contributed by atoms with Gasteiger partial charge in [0.15, 0.2) is 0 Å². The van der Waals surface area contributed by atoms with Crippen molar-refractivity contribution >= 4 is 17.7 Å². The number of piperazine rings is 1. The summed E-state index contributed by atoms with van der Waals surface area (Å²) in [6, 6.07) is 14.7. The molecular weight excluding hydrogens is 468 g/mol. The minimum Gasteiger partial charge on any atom is -0.489 e. The van der Waals surface area contributed by atoms with E-state index in [2.05, 4.69) is 46.3 Å². The van der Waals surface area contributed by atoms with Crippen molar-refractivity contribution in [1.29, 1.82) is 0 Å². The lowest BCUT2D eigenvalue weighted by atomic mass is 10.0. The highest BCUT2D eigenvalue weighted by Gasteiger charge is 2.40. The van der Waals surface area contributed by atoms with Gasteiger partial charge in [-0.3, -0.25) is 29.5 Å². The summed E-state index contributed by atoms with van der Waals surface area (Å²) in [4.78, 5) is 43.7. The summed E-state index contributed by atoms with van der Waals surface area (Å²) in [7, 11) is 0. The van der Waals surface area contributed by atoms with E-state index in [9.17, 15) is 14.4 Å². The number of hydrogen-bond acceptors (Lipinski definition) is 6. The molecule has 2 aromatic carbocycles. The zero-order valence-corrected chi connectivity index (χ0v) is 21.3. The topological polar surface area (TPSA) is 82.2 Å². The van der Waals surface area contributed by atoms with Gasteiger partial charge in [0.25, 0.3) is 5.91 Å². The van der Waals surface area contributed by atoms with E-state index in [1.54, 1.807) is 11.0 Å². The lowest BCUT2D eigenvalue weighted by molar-refractivity contribution is -0.136. The van der Waals surface area contributed by atoms with Gasteiger partial charge in [-0.25, -0.2) is 0 Å². The van der Waals surface area contributed by atoms with Gasteiger partial charge >= 0.3 is 0 Å². The van der Waals surface area contributed by atoms with Crippen LogP contribution in [0.25, 0.3) is 0 Å². The van der Waals surface area contributed by atoms with Crippen molar-refractivity contribution in [2.75, 3.05) is 26.2 Å². The van der Waals surface area contributed by atoms with E-state index >= 15 is 0 Å². The number of ether oxygens (including phenoxy) is 1. The first-order valence-corrected chi connectivity index (χ1v) is 13.4. The Morgan fingerprint density at radius 2 is 1.73 bits per heavy atom. The van der Waals surface area contributed by atoms with Crippen LogP contribution in [-0.2, 0) is 22.7 Å². The van der Waals surface area contributed by atoms with E-state index in [0.29, 0.717) is 36.9 Å². The van der Waals surface area contributed by atoms with E-state index in [-0.39, 0.29) is 18.2 Å². The molecule has 0 aromatic heterocycles. The third-order valence-corrected chi connectivity index (χ3v) is 8.36. The molecule has 0 radical (unpaired) electrons. The minimum atomic E-state index is -0.628. The molecule has 0 bridgehead atoms. The van der Waals surface area contributed by atoms with Crippen molar-refractivity contribution < 1.29 is 19.1 Å². The number of hydrogen-bond donors (Lipinski definition) is 1. The lowest BCUT2D eigenvalue weighted by Crippen LogP contribution is -2.52. The highest BCUT2D eigenvalue weighted by Crippen LogP contribution is 2.34. The number of rotatable bonds is 7. The molecule has 1 saturated carbocycles. The summed E-state index contributed by atoms with van der Waals surface area (Å²) < 4.78 is 6.17. The Labute approximate surface area is 217 Å². The van der Waals surface area contributed by atoms with Crippen LogP contribution in [0.1, 0.15) is 65.7 Å². The maximum atomic E-state index is 13.0. The van der Waals surface area contributed by atoms with Gasteiger partial charge < -0.3 is 9.64 Å². The first-order valence-electron chi connectivity index (χ1n) is 13.4. The number of benzene rings is 2. The Morgan fingerprint density at radius 1 is 0.973 bits per heavy atom. The second-order valence-corrected chi connectivity index (χ2v) is 10.7. The maximum Gasteiger partial charge on any atom is 0.255 e. The monoisotopic (exact) mass is 502 g/mol. The van der Waals surface area contributed by atoms with Crippen molar-refractivity contribution in [2.45, 2.75) is 63.9 Å². The number of imide groups is 1. The van der Waals surface area contributed by atoms with E-state index in [1.165, 1.54) is 31.5 Å². The molecule has 2 saturated heterocycles. The number of fused-ring (bicyclic) bond motifs is 1. The standard InChI is InChI=1S/C29H34N4O4/c1-19(31-13-15-32(16-14-31)22-9-10-22)21-7-5-20(6-8-21)18-37-26-4-2-3-23-24(26)17-33(29(23)36)25-11-12-27(34)30-28(25)35/h2-8,19,22,25H,9-18H2,1H3,(H,30,34,35)/t19?,25-/m0/s1. The highest BCUT2D eigenvalue weighted by atomic mass is 16.5. The van der Waals surface area contributed by atoms with E-state index in [0.717, 1.165) is 30.3 Å². The molecule has 8 heteroatoms. The maximum absolute atomic E-state index is 13.0. The second kappa shape index (κ2) is 9.91. The molecule has 194 valence electrons. The smallest absolute Gasteiger partial charge is 0.255 e. The summed E-state index contributed by atoms with van der Waals surface area (Å²) in [5.74, 6) is -0.220. The second-order valence-electron chi connectivity index (χ2n) is 10.7. The Bertz CT molecular complexity index is 1200. The van der Waals surface area contributed by atoms with Crippen LogP contribution in [0.2, 0.25) is 0 Å². The molecular formula is C29H34N4O4. The number of piperidine rings is 1. The van der Waals surface area contributed by atoms with Crippen LogP contribution in [0, 0.1) is 0 Å². The van der Waals surface area contributed by atoms with Crippen LogP contribution in [0.5, 0.6) is 5.75 Å². The number of carbonyl (C=O) groups is 3. The SMILES string of the molecule is CC(c1ccc(COc2cccc3c2CN([C@H]2CCC(=O)NC2=O)C3=O)cc1)N1CCN(C2CC2)CC1. The first-order chi connectivity index (χ1) is 18.0. The zero-order chi connectivity index (χ0) is 25.5. The molecule has 3 aliphatic heterocycles. The molecule has 2 aromatic rings. The van der Waals surface area contributed by atoms with Gasteiger partial charge in [0, 0.05) is 55.8 Å². The molecule has 37 heavy (non-hydrogen) atoms. The van der Waals surface area contributed by atoms with Crippen LogP contribution >= 0.6 is 0 Å². The number of amides is 3. The van der Waals surface area contributed by atoms with E-state index in [1.807, 2.05) is 12.1 Å². The minimum absolute atomic E-state index is 0.189. The van der Waals surface area contributed by atoms with E-state index < -0.39 is 11.9 Å². The Hall–Kier alpha value is -3.23. The Morgan fingerprint density at radius 3 is 2.43 bits per heavy atom. The van der Waals surface area contributed by atoms with Crippen LogP contribution in [0.3, 0.4) is 0 Å². The molecule has 2 atom stereocenters. The predicted molar refractivity (Wildman–Crippen MR) is 138 cm³/mol. The van der Waals surface area contributed by atoms with Crippen LogP contribution in [0.15, 0.2) is 42.5 Å². The van der Waals surface area contributed by atoms with E-state index in [4.69, 9.17) is 4.74 Å². The number of nitrogens with one attached hydrogen (secondary N) is 1. The van der Waals surface area contributed by atoms with Gasteiger partial charge in [-0.2, -0.15) is 0 Å². The molecule has 1 aliphatic carbocycles. The van der Waals surface area contributed by atoms with Gasteiger partial charge in [-0.1, -0.05) is 30.3 Å². The molecule has 6 rings (SSSR count). The molecule has 0 spiro atoms. The Kier molecular flexibility index (Phi) is 6.46. The van der Waals surface area contributed by atoms with Crippen LogP contribution < -0.4 is 10.1 Å². The van der Waals surface area contributed by atoms with Crippen molar-refractivity contribution in [3.05, 3.63) is 64.7 Å². The van der Waals surface area contributed by atoms with Crippen molar-refractivity contribution in [3.8, 4) is 5.75 Å². The van der Waals surface area contributed by atoms with Gasteiger partial charge in [0.1, 0.15) is 18.4 Å². The first kappa shape index (κ1) is 24.1. The summed E-state index contributed by atoms with van der Waals surface area (Å²) in [6.07, 6.45) is 3.34. The number of nitrogens with zero attached hydrogens (tertiary/aromatic N) is 3. The molecule has 1 N–H and O–H groups in total. The van der Waals surface area contributed by atoms with Crippen molar-refractivity contribution in [3.63, 3.8) is 0 Å². The third-order valence-electron chi connectivity index (χ3n) is 8.36. The van der Waals surface area contributed by atoms with Crippen molar-refractivity contribution in [1.82, 2.24) is 20.0 Å². The van der Waals surface area contributed by atoms with Crippen LogP contribution in [0.4, 0.5) is 0 Å². The summed E-state index contributed by atoms with van der Waals surface area (Å²) in [6.45, 7) is 7.58. The summed E-state index contributed by atoms with van der Waals surface area (Å²) in [5.41, 5.74) is 3.74. The number of carbonyl (C=O) groups excluding carboxylic acids is 3. The average Bonchev–Trinajstić information content (AvgIpc) is 3.71. The molecule has 4 aliphatic rings. The quantitative estimate of drug-likeness (QED) is 0.587. The fourth-order valence-corrected chi connectivity index (χ4v) is 5.89. The normalized spacial score (nSPS) is 23.6. The molecule has 3 fully saturated rings. The lowest BCUT2D eigenvalue weighted by Gasteiger charge is -2.38. The van der Waals surface area contributed by atoms with Gasteiger partial charge in [0.05, 0.1) is 6.54 Å². The van der Waals surface area contributed by atoms with Crippen molar-refractivity contribution in [2.24, 2.45) is 0 Å². The Balaban J connectivity index is 1.07. The third kappa shape index (κ3) is 4.88. The average molecular weight is 503 g/mol. The molecule has 8 nitrogen and oxygen atoms in total. The van der Waals surface area contributed by atoms with Gasteiger partial charge in [-0.15, -0.1) is 0 Å². The molecule has 3 heterocycles.